The Kier molecular flexibility index (Phi) is 7.25. The summed E-state index contributed by atoms with van der Waals surface area (Å²) in [6, 6.07) is 9.21. The van der Waals surface area contributed by atoms with Crippen LogP contribution in [0.1, 0.15) is 50.2 Å². The van der Waals surface area contributed by atoms with Gasteiger partial charge in [-0.1, -0.05) is 44.0 Å². The van der Waals surface area contributed by atoms with Crippen LogP contribution < -0.4 is 5.32 Å². The van der Waals surface area contributed by atoms with Crippen LogP contribution >= 0.6 is 0 Å². The summed E-state index contributed by atoms with van der Waals surface area (Å²) < 4.78 is 0. The fourth-order valence-corrected chi connectivity index (χ4v) is 3.36. The summed E-state index contributed by atoms with van der Waals surface area (Å²) >= 11 is 0. The van der Waals surface area contributed by atoms with Gasteiger partial charge in [-0.05, 0) is 62.9 Å². The summed E-state index contributed by atoms with van der Waals surface area (Å²) in [5.41, 5.74) is 2.89. The molecule has 1 aliphatic rings. The summed E-state index contributed by atoms with van der Waals surface area (Å²) in [7, 11) is 2.26. The third-order valence-corrected chi connectivity index (χ3v) is 4.54. The van der Waals surface area contributed by atoms with Crippen molar-refractivity contribution in [1.82, 2.24) is 10.2 Å². The first-order chi connectivity index (χ1) is 10.3. The molecule has 21 heavy (non-hydrogen) atoms. The van der Waals surface area contributed by atoms with Crippen LogP contribution in [0.25, 0.3) is 0 Å². The summed E-state index contributed by atoms with van der Waals surface area (Å²) in [5, 5.41) is 3.46. The number of hydrogen-bond donors (Lipinski definition) is 1. The Morgan fingerprint density at radius 3 is 2.38 bits per heavy atom. The highest BCUT2D eigenvalue weighted by Gasteiger charge is 2.16. The van der Waals surface area contributed by atoms with Crippen LogP contribution in [-0.4, -0.2) is 31.6 Å². The van der Waals surface area contributed by atoms with Gasteiger partial charge in [0, 0.05) is 13.1 Å². The maximum absolute atomic E-state index is 3.46. The zero-order chi connectivity index (χ0) is 14.9. The van der Waals surface area contributed by atoms with Gasteiger partial charge in [0.25, 0.3) is 0 Å². The van der Waals surface area contributed by atoms with Crippen molar-refractivity contribution in [2.45, 2.75) is 52.0 Å². The van der Waals surface area contributed by atoms with E-state index < -0.39 is 0 Å². The van der Waals surface area contributed by atoms with E-state index in [4.69, 9.17) is 0 Å². The first kappa shape index (κ1) is 16.5. The fourth-order valence-electron chi connectivity index (χ4n) is 3.36. The Hall–Kier alpha value is -0.860. The van der Waals surface area contributed by atoms with Gasteiger partial charge in [-0.3, -0.25) is 0 Å². The zero-order valence-corrected chi connectivity index (χ0v) is 13.9. The van der Waals surface area contributed by atoms with Crippen LogP contribution in [0.4, 0.5) is 0 Å². The van der Waals surface area contributed by atoms with Gasteiger partial charge in [-0.2, -0.15) is 0 Å². The maximum atomic E-state index is 3.46. The number of nitrogens with one attached hydrogen (secondary N) is 1. The summed E-state index contributed by atoms with van der Waals surface area (Å²) in [6.45, 7) is 6.79. The van der Waals surface area contributed by atoms with Gasteiger partial charge in [-0.25, -0.2) is 0 Å². The predicted octanol–water partition coefficient (Wildman–Crippen LogP) is 3.85. The number of hydrogen-bond acceptors (Lipinski definition) is 2. The Labute approximate surface area is 130 Å². The molecular formula is C19H32N2. The molecule has 0 radical (unpaired) electrons. The van der Waals surface area contributed by atoms with Crippen molar-refractivity contribution in [2.75, 3.05) is 26.7 Å². The fraction of sp³-hybridized carbons (Fsp3) is 0.684. The summed E-state index contributed by atoms with van der Waals surface area (Å²) in [4.78, 5) is 2.49. The zero-order valence-electron chi connectivity index (χ0n) is 13.9. The van der Waals surface area contributed by atoms with Crippen LogP contribution in [-0.2, 0) is 13.0 Å². The first-order valence-electron chi connectivity index (χ1n) is 8.75. The standard InChI is InChI=1S/C19H32N2/c1-3-13-20-14-12-17-8-10-19(11-9-17)16-21(2)15-18-6-4-5-7-18/h8-11,18,20H,3-7,12-16H2,1-2H3. The van der Waals surface area contributed by atoms with Crippen LogP contribution in [0.3, 0.4) is 0 Å². The highest BCUT2D eigenvalue weighted by molar-refractivity contribution is 5.22. The van der Waals surface area contributed by atoms with Gasteiger partial charge in [0.05, 0.1) is 0 Å². The van der Waals surface area contributed by atoms with Crippen molar-refractivity contribution >= 4 is 0 Å². The third kappa shape index (κ3) is 6.19. The van der Waals surface area contributed by atoms with E-state index in [1.54, 1.807) is 0 Å². The molecule has 2 heteroatoms. The summed E-state index contributed by atoms with van der Waals surface area (Å²) in [6.07, 6.45) is 8.12. The molecule has 0 bridgehead atoms. The van der Waals surface area contributed by atoms with Crippen LogP contribution in [0, 0.1) is 5.92 Å². The molecule has 0 saturated heterocycles. The van der Waals surface area contributed by atoms with E-state index in [9.17, 15) is 0 Å². The van der Waals surface area contributed by atoms with Crippen molar-refractivity contribution in [1.29, 1.82) is 0 Å². The molecule has 0 aromatic heterocycles. The van der Waals surface area contributed by atoms with Crippen LogP contribution in [0.5, 0.6) is 0 Å². The average Bonchev–Trinajstić information content (AvgIpc) is 2.98. The molecule has 0 unspecified atom stereocenters. The van der Waals surface area contributed by atoms with Crippen molar-refractivity contribution < 1.29 is 0 Å². The van der Waals surface area contributed by atoms with Crippen molar-refractivity contribution in [3.63, 3.8) is 0 Å². The monoisotopic (exact) mass is 288 g/mol. The molecule has 1 N–H and O–H groups in total. The van der Waals surface area contributed by atoms with E-state index in [-0.39, 0.29) is 0 Å². The smallest absolute Gasteiger partial charge is 0.0230 e. The molecule has 1 saturated carbocycles. The lowest BCUT2D eigenvalue weighted by atomic mass is 10.1. The largest absolute Gasteiger partial charge is 0.316 e. The predicted molar refractivity (Wildman–Crippen MR) is 91.6 cm³/mol. The molecule has 2 nitrogen and oxygen atoms in total. The van der Waals surface area contributed by atoms with E-state index in [1.807, 2.05) is 0 Å². The molecule has 0 amide bonds. The topological polar surface area (TPSA) is 15.3 Å². The molecular weight excluding hydrogens is 256 g/mol. The number of nitrogens with zero attached hydrogens (tertiary/aromatic N) is 1. The van der Waals surface area contributed by atoms with E-state index >= 15 is 0 Å². The van der Waals surface area contributed by atoms with E-state index in [2.05, 4.69) is 48.5 Å². The van der Waals surface area contributed by atoms with Crippen LogP contribution in [0.15, 0.2) is 24.3 Å². The lowest BCUT2D eigenvalue weighted by Crippen LogP contribution is -2.24. The van der Waals surface area contributed by atoms with E-state index in [0.717, 1.165) is 32.0 Å². The Morgan fingerprint density at radius 2 is 1.71 bits per heavy atom. The molecule has 0 atom stereocenters. The van der Waals surface area contributed by atoms with Gasteiger partial charge in [0.15, 0.2) is 0 Å². The van der Waals surface area contributed by atoms with Crippen LogP contribution in [0.2, 0.25) is 0 Å². The molecule has 118 valence electrons. The molecule has 0 heterocycles. The van der Waals surface area contributed by atoms with Crippen molar-refractivity contribution in [3.05, 3.63) is 35.4 Å². The Morgan fingerprint density at radius 1 is 1.05 bits per heavy atom. The Bertz CT molecular complexity index is 379. The van der Waals surface area contributed by atoms with Gasteiger partial charge in [0.2, 0.25) is 0 Å². The SMILES string of the molecule is CCCNCCc1ccc(CN(C)CC2CCCC2)cc1. The average molecular weight is 288 g/mol. The molecule has 1 aromatic carbocycles. The maximum Gasteiger partial charge on any atom is 0.0230 e. The van der Waals surface area contributed by atoms with Gasteiger partial charge in [-0.15, -0.1) is 0 Å². The van der Waals surface area contributed by atoms with Crippen molar-refractivity contribution in [2.24, 2.45) is 5.92 Å². The van der Waals surface area contributed by atoms with Crippen molar-refractivity contribution in [3.8, 4) is 0 Å². The molecule has 1 aromatic rings. The lowest BCUT2D eigenvalue weighted by Gasteiger charge is -2.20. The molecule has 0 spiro atoms. The van der Waals surface area contributed by atoms with Gasteiger partial charge < -0.3 is 10.2 Å². The van der Waals surface area contributed by atoms with Gasteiger partial charge >= 0.3 is 0 Å². The quantitative estimate of drug-likeness (QED) is 0.694. The second-order valence-corrected chi connectivity index (χ2v) is 6.66. The Balaban J connectivity index is 1.70. The minimum absolute atomic E-state index is 0.943. The molecule has 2 rings (SSSR count). The molecule has 1 aliphatic carbocycles. The second kappa shape index (κ2) is 9.22. The lowest BCUT2D eigenvalue weighted by molar-refractivity contribution is 0.271. The first-order valence-corrected chi connectivity index (χ1v) is 8.75. The highest BCUT2D eigenvalue weighted by atomic mass is 15.1. The molecule has 1 fully saturated rings. The normalized spacial score (nSPS) is 16.0. The highest BCUT2D eigenvalue weighted by Crippen LogP contribution is 2.25. The van der Waals surface area contributed by atoms with E-state index in [1.165, 1.54) is 49.8 Å². The molecule has 0 aliphatic heterocycles. The second-order valence-electron chi connectivity index (χ2n) is 6.66. The minimum atomic E-state index is 0.943. The minimum Gasteiger partial charge on any atom is -0.316 e. The summed E-state index contributed by atoms with van der Waals surface area (Å²) in [5.74, 6) is 0.943. The third-order valence-electron chi connectivity index (χ3n) is 4.54. The number of benzene rings is 1. The number of rotatable bonds is 9. The van der Waals surface area contributed by atoms with E-state index in [0.29, 0.717) is 0 Å². The van der Waals surface area contributed by atoms with Gasteiger partial charge in [0.1, 0.15) is 0 Å².